The molecule has 3 rings (SSSR count). The Hall–Kier alpha value is -1.98. The van der Waals surface area contributed by atoms with Gasteiger partial charge in [-0.25, -0.2) is 4.98 Å². The molecule has 0 aliphatic rings. The average molecular weight is 299 g/mol. The third kappa shape index (κ3) is 2.89. The van der Waals surface area contributed by atoms with Crippen molar-refractivity contribution in [3.8, 4) is 0 Å². The number of benzene rings is 1. The Morgan fingerprint density at radius 3 is 2.86 bits per heavy atom. The van der Waals surface area contributed by atoms with Gasteiger partial charge in [0.05, 0.1) is 5.69 Å². The molecule has 108 valence electrons. The van der Waals surface area contributed by atoms with E-state index in [0.29, 0.717) is 6.54 Å². The Morgan fingerprint density at radius 1 is 1.33 bits per heavy atom. The molecule has 0 aliphatic heterocycles. The fourth-order valence-corrected chi connectivity index (χ4v) is 3.20. The summed E-state index contributed by atoms with van der Waals surface area (Å²) in [6.45, 7) is 4.61. The van der Waals surface area contributed by atoms with Crippen molar-refractivity contribution in [2.24, 2.45) is 0 Å². The molecular formula is C16H17N3OS. The van der Waals surface area contributed by atoms with Crippen LogP contribution in [-0.2, 0) is 6.54 Å². The summed E-state index contributed by atoms with van der Waals surface area (Å²) in [4.78, 5) is 17.4. The Kier molecular flexibility index (Phi) is 3.86. The minimum absolute atomic E-state index is 0.0112. The van der Waals surface area contributed by atoms with Crippen molar-refractivity contribution in [2.75, 3.05) is 0 Å². The normalized spacial score (nSPS) is 12.7. The highest BCUT2D eigenvalue weighted by molar-refractivity contribution is 7.15. The van der Waals surface area contributed by atoms with Gasteiger partial charge in [-0.15, -0.1) is 11.3 Å². The van der Waals surface area contributed by atoms with Crippen LogP contribution >= 0.6 is 11.3 Å². The van der Waals surface area contributed by atoms with Crippen LogP contribution in [0.3, 0.4) is 0 Å². The Labute approximate surface area is 127 Å². The van der Waals surface area contributed by atoms with Crippen molar-refractivity contribution >= 4 is 16.3 Å². The fraction of sp³-hybridized carbons (Fsp3) is 0.250. The number of hydrogen-bond donors (Lipinski definition) is 1. The summed E-state index contributed by atoms with van der Waals surface area (Å²) in [7, 11) is 0. The zero-order chi connectivity index (χ0) is 14.8. The Balaban J connectivity index is 1.78. The smallest absolute Gasteiger partial charge is 0.259 e. The molecule has 21 heavy (non-hydrogen) atoms. The summed E-state index contributed by atoms with van der Waals surface area (Å²) >= 11 is 1.50. The zero-order valence-corrected chi connectivity index (χ0v) is 12.9. The van der Waals surface area contributed by atoms with Crippen molar-refractivity contribution in [1.82, 2.24) is 14.7 Å². The number of nitrogens with one attached hydrogen (secondary N) is 1. The number of fused-ring (bicyclic) bond motifs is 1. The second-order valence-corrected chi connectivity index (χ2v) is 5.93. The molecule has 2 aromatic heterocycles. The van der Waals surface area contributed by atoms with E-state index in [2.05, 4.69) is 29.4 Å². The number of aromatic nitrogens is 2. The molecule has 1 N–H and O–H groups in total. The van der Waals surface area contributed by atoms with E-state index in [9.17, 15) is 4.79 Å². The van der Waals surface area contributed by atoms with Gasteiger partial charge < -0.3 is 5.32 Å². The highest BCUT2D eigenvalue weighted by atomic mass is 32.1. The molecule has 1 aromatic carbocycles. The molecule has 3 aromatic rings. The third-order valence-corrected chi connectivity index (χ3v) is 4.46. The van der Waals surface area contributed by atoms with E-state index in [1.807, 2.05) is 30.5 Å². The maximum atomic E-state index is 12.1. The number of thiazole rings is 1. The summed E-state index contributed by atoms with van der Waals surface area (Å²) < 4.78 is 1.65. The zero-order valence-electron chi connectivity index (χ0n) is 12.0. The highest BCUT2D eigenvalue weighted by Crippen LogP contribution is 2.13. The number of nitrogens with zero attached hydrogens (tertiary/aromatic N) is 2. The lowest BCUT2D eigenvalue weighted by atomic mass is 10.1. The number of rotatable bonds is 4. The van der Waals surface area contributed by atoms with Crippen LogP contribution in [0.5, 0.6) is 0 Å². The van der Waals surface area contributed by atoms with E-state index in [0.717, 1.165) is 16.3 Å². The second-order valence-electron chi connectivity index (χ2n) is 5.09. The van der Waals surface area contributed by atoms with Gasteiger partial charge in [-0.1, -0.05) is 30.3 Å². The summed E-state index contributed by atoms with van der Waals surface area (Å²) in [5, 5.41) is 5.36. The SMILES string of the molecule is Cc1csc2nc(CNC(C)c3ccccc3)cc(=O)n12. The van der Waals surface area contributed by atoms with E-state index in [1.54, 1.807) is 10.5 Å². The van der Waals surface area contributed by atoms with Crippen molar-refractivity contribution in [1.29, 1.82) is 0 Å². The quantitative estimate of drug-likeness (QED) is 0.805. The lowest BCUT2D eigenvalue weighted by molar-refractivity contribution is 0.567. The van der Waals surface area contributed by atoms with Crippen molar-refractivity contribution in [3.63, 3.8) is 0 Å². The van der Waals surface area contributed by atoms with Crippen molar-refractivity contribution in [2.45, 2.75) is 26.4 Å². The minimum Gasteiger partial charge on any atom is -0.305 e. The largest absolute Gasteiger partial charge is 0.305 e. The van der Waals surface area contributed by atoms with Gasteiger partial charge in [-0.3, -0.25) is 9.20 Å². The third-order valence-electron chi connectivity index (χ3n) is 3.52. The monoisotopic (exact) mass is 299 g/mol. The molecule has 4 nitrogen and oxygen atoms in total. The van der Waals surface area contributed by atoms with Crippen LogP contribution in [0.15, 0.2) is 46.6 Å². The molecule has 1 unspecified atom stereocenters. The van der Waals surface area contributed by atoms with Crippen LogP contribution in [-0.4, -0.2) is 9.38 Å². The molecule has 0 fully saturated rings. The minimum atomic E-state index is -0.0112. The van der Waals surface area contributed by atoms with Gasteiger partial charge in [0.2, 0.25) is 0 Å². The topological polar surface area (TPSA) is 46.4 Å². The number of hydrogen-bond acceptors (Lipinski definition) is 4. The molecule has 0 saturated carbocycles. The molecule has 1 atom stereocenters. The van der Waals surface area contributed by atoms with Gasteiger partial charge in [-0.05, 0) is 19.4 Å². The molecule has 0 saturated heterocycles. The predicted octanol–water partition coefficient (Wildman–Crippen LogP) is 2.92. The molecule has 0 radical (unpaired) electrons. The molecular weight excluding hydrogens is 282 g/mol. The first-order valence-electron chi connectivity index (χ1n) is 6.90. The van der Waals surface area contributed by atoms with Gasteiger partial charge in [0, 0.05) is 29.7 Å². The Bertz CT molecular complexity index is 807. The van der Waals surface area contributed by atoms with Gasteiger partial charge in [-0.2, -0.15) is 0 Å². The van der Waals surface area contributed by atoms with E-state index in [-0.39, 0.29) is 11.6 Å². The Morgan fingerprint density at radius 2 is 2.10 bits per heavy atom. The van der Waals surface area contributed by atoms with E-state index >= 15 is 0 Å². The predicted molar refractivity (Wildman–Crippen MR) is 85.8 cm³/mol. The lowest BCUT2D eigenvalue weighted by Crippen LogP contribution is -2.22. The van der Waals surface area contributed by atoms with Gasteiger partial charge in [0.25, 0.3) is 5.56 Å². The van der Waals surface area contributed by atoms with Crippen LogP contribution < -0.4 is 10.9 Å². The standard InChI is InChI=1S/C16H17N3OS/c1-11-10-21-16-18-14(8-15(20)19(11)16)9-17-12(2)13-6-4-3-5-7-13/h3-8,10,12,17H,9H2,1-2H3. The maximum absolute atomic E-state index is 12.1. The van der Waals surface area contributed by atoms with Crippen molar-refractivity contribution in [3.05, 3.63) is 69.1 Å². The second kappa shape index (κ2) is 5.79. The summed E-state index contributed by atoms with van der Waals surface area (Å²) in [5.41, 5.74) is 2.93. The molecule has 0 spiro atoms. The van der Waals surface area contributed by atoms with Crippen LogP contribution in [0.2, 0.25) is 0 Å². The summed E-state index contributed by atoms with van der Waals surface area (Å²) in [6, 6.07) is 12.1. The molecule has 0 aliphatic carbocycles. The van der Waals surface area contributed by atoms with Crippen LogP contribution in [0, 0.1) is 6.92 Å². The lowest BCUT2D eigenvalue weighted by Gasteiger charge is -2.13. The van der Waals surface area contributed by atoms with Gasteiger partial charge >= 0.3 is 0 Å². The average Bonchev–Trinajstić information content (AvgIpc) is 2.87. The van der Waals surface area contributed by atoms with Crippen molar-refractivity contribution < 1.29 is 0 Å². The maximum Gasteiger partial charge on any atom is 0.259 e. The van der Waals surface area contributed by atoms with E-state index < -0.39 is 0 Å². The molecule has 0 bridgehead atoms. The molecule has 2 heterocycles. The molecule has 0 amide bonds. The van der Waals surface area contributed by atoms with E-state index in [1.165, 1.54) is 16.9 Å². The van der Waals surface area contributed by atoms with E-state index in [4.69, 9.17) is 0 Å². The van der Waals surface area contributed by atoms with Gasteiger partial charge in [0.1, 0.15) is 0 Å². The first kappa shape index (κ1) is 14.0. The fourth-order valence-electron chi connectivity index (χ4n) is 2.31. The van der Waals surface area contributed by atoms with Crippen LogP contribution in [0.4, 0.5) is 0 Å². The first-order chi connectivity index (χ1) is 10.1. The number of aryl methyl sites for hydroxylation is 1. The van der Waals surface area contributed by atoms with Gasteiger partial charge in [0.15, 0.2) is 4.96 Å². The van der Waals surface area contributed by atoms with Crippen LogP contribution in [0.25, 0.3) is 4.96 Å². The summed E-state index contributed by atoms with van der Waals surface area (Å²) in [6.07, 6.45) is 0. The summed E-state index contributed by atoms with van der Waals surface area (Å²) in [5.74, 6) is 0. The van der Waals surface area contributed by atoms with Crippen LogP contribution in [0.1, 0.15) is 29.9 Å². The molecule has 5 heteroatoms. The first-order valence-corrected chi connectivity index (χ1v) is 7.78. The highest BCUT2D eigenvalue weighted by Gasteiger charge is 2.08.